The van der Waals surface area contributed by atoms with Gasteiger partial charge in [-0.2, -0.15) is 0 Å². The van der Waals surface area contributed by atoms with Crippen molar-refractivity contribution >= 4 is 5.78 Å². The van der Waals surface area contributed by atoms with Crippen molar-refractivity contribution in [2.24, 2.45) is 5.92 Å². The van der Waals surface area contributed by atoms with Crippen LogP contribution in [0.25, 0.3) is 0 Å². The molecule has 19 heavy (non-hydrogen) atoms. The molecule has 104 valence electrons. The van der Waals surface area contributed by atoms with Crippen LogP contribution < -0.4 is 0 Å². The summed E-state index contributed by atoms with van der Waals surface area (Å²) in [5.74, 6) is -0.888. The number of likely N-dealkylation sites (tertiary alicyclic amines) is 1. The van der Waals surface area contributed by atoms with Crippen LogP contribution in [0.4, 0.5) is 8.78 Å². The first-order chi connectivity index (χ1) is 9.06. The summed E-state index contributed by atoms with van der Waals surface area (Å²) in [4.78, 5) is 14.1. The monoisotopic (exact) mass is 267 g/mol. The Bertz CT molecular complexity index is 461. The summed E-state index contributed by atoms with van der Waals surface area (Å²) in [7, 11) is 0. The highest BCUT2D eigenvalue weighted by Crippen LogP contribution is 2.17. The summed E-state index contributed by atoms with van der Waals surface area (Å²) in [5.41, 5.74) is -0.141. The van der Waals surface area contributed by atoms with Crippen LogP contribution in [0.5, 0.6) is 0 Å². The SMILES string of the molecule is CC1CCCN(CC(=O)c2cc(F)ccc2F)CC1. The van der Waals surface area contributed by atoms with Crippen LogP contribution in [0.1, 0.15) is 36.5 Å². The van der Waals surface area contributed by atoms with Gasteiger partial charge in [-0.15, -0.1) is 0 Å². The number of hydrogen-bond acceptors (Lipinski definition) is 2. The molecule has 1 atom stereocenters. The number of ketones is 1. The van der Waals surface area contributed by atoms with Gasteiger partial charge in [-0.05, 0) is 56.5 Å². The molecule has 0 aromatic heterocycles. The van der Waals surface area contributed by atoms with Gasteiger partial charge in [0, 0.05) is 0 Å². The molecule has 1 aromatic rings. The number of halogens is 2. The summed E-state index contributed by atoms with van der Waals surface area (Å²) in [6, 6.07) is 3.02. The fourth-order valence-corrected chi connectivity index (χ4v) is 2.48. The quantitative estimate of drug-likeness (QED) is 0.783. The Morgan fingerprint density at radius 1 is 1.32 bits per heavy atom. The molecule has 1 aliphatic rings. The van der Waals surface area contributed by atoms with Crippen LogP contribution in [-0.2, 0) is 0 Å². The zero-order valence-corrected chi connectivity index (χ0v) is 11.2. The van der Waals surface area contributed by atoms with Crippen molar-refractivity contribution in [2.45, 2.75) is 26.2 Å². The smallest absolute Gasteiger partial charge is 0.179 e. The van der Waals surface area contributed by atoms with Gasteiger partial charge in [0.1, 0.15) is 11.6 Å². The van der Waals surface area contributed by atoms with Crippen LogP contribution >= 0.6 is 0 Å². The number of Topliss-reactive ketones (excluding diaryl/α,β-unsaturated/α-hetero) is 1. The number of nitrogens with zero attached hydrogens (tertiary/aromatic N) is 1. The van der Waals surface area contributed by atoms with Gasteiger partial charge in [0.25, 0.3) is 0 Å². The van der Waals surface area contributed by atoms with Crippen molar-refractivity contribution in [3.8, 4) is 0 Å². The minimum atomic E-state index is -0.644. The molecule has 2 rings (SSSR count). The van der Waals surface area contributed by atoms with Crippen LogP contribution in [0.15, 0.2) is 18.2 Å². The molecule has 1 fully saturated rings. The average Bonchev–Trinajstić information content (AvgIpc) is 2.57. The van der Waals surface area contributed by atoms with Crippen LogP contribution in [-0.4, -0.2) is 30.3 Å². The van der Waals surface area contributed by atoms with Crippen molar-refractivity contribution < 1.29 is 13.6 Å². The molecule has 0 aliphatic carbocycles. The average molecular weight is 267 g/mol. The fraction of sp³-hybridized carbons (Fsp3) is 0.533. The largest absolute Gasteiger partial charge is 0.296 e. The third-order valence-corrected chi connectivity index (χ3v) is 3.71. The molecule has 2 nitrogen and oxygen atoms in total. The molecule has 4 heteroatoms. The maximum atomic E-state index is 13.5. The standard InChI is InChI=1S/C15H19F2NO/c1-11-3-2-7-18(8-6-11)10-15(19)13-9-12(16)4-5-14(13)17/h4-5,9,11H,2-3,6-8,10H2,1H3. The third kappa shape index (κ3) is 3.83. The number of carbonyl (C=O) groups excluding carboxylic acids is 1. The van der Waals surface area contributed by atoms with Crippen molar-refractivity contribution in [1.29, 1.82) is 0 Å². The second-order valence-electron chi connectivity index (χ2n) is 5.36. The van der Waals surface area contributed by atoms with E-state index in [1.807, 2.05) is 4.90 Å². The number of hydrogen-bond donors (Lipinski definition) is 0. The van der Waals surface area contributed by atoms with E-state index < -0.39 is 11.6 Å². The molecule has 0 amide bonds. The molecule has 0 spiro atoms. The molecule has 1 aromatic carbocycles. The van der Waals surface area contributed by atoms with Crippen LogP contribution in [0.3, 0.4) is 0 Å². The highest BCUT2D eigenvalue weighted by Gasteiger charge is 2.19. The number of rotatable bonds is 3. The minimum Gasteiger partial charge on any atom is -0.296 e. The Labute approximate surface area is 112 Å². The Balaban J connectivity index is 2.02. The lowest BCUT2D eigenvalue weighted by atomic mass is 10.0. The Morgan fingerprint density at radius 3 is 2.89 bits per heavy atom. The van der Waals surface area contributed by atoms with Crippen molar-refractivity contribution in [3.63, 3.8) is 0 Å². The van der Waals surface area contributed by atoms with E-state index in [1.165, 1.54) is 6.42 Å². The van der Waals surface area contributed by atoms with Crippen molar-refractivity contribution in [1.82, 2.24) is 4.90 Å². The molecule has 0 N–H and O–H groups in total. The second-order valence-corrected chi connectivity index (χ2v) is 5.36. The van der Waals surface area contributed by atoms with E-state index in [0.717, 1.165) is 44.1 Å². The lowest BCUT2D eigenvalue weighted by Crippen LogP contribution is -2.31. The first-order valence-corrected chi connectivity index (χ1v) is 6.77. The van der Waals surface area contributed by atoms with Gasteiger partial charge in [-0.3, -0.25) is 9.69 Å². The Morgan fingerprint density at radius 2 is 2.11 bits per heavy atom. The van der Waals surface area contributed by atoms with E-state index >= 15 is 0 Å². The maximum absolute atomic E-state index is 13.5. The van der Waals surface area contributed by atoms with E-state index in [4.69, 9.17) is 0 Å². The molecular weight excluding hydrogens is 248 g/mol. The zero-order valence-electron chi connectivity index (χ0n) is 11.2. The normalized spacial score (nSPS) is 21.1. The minimum absolute atomic E-state index is 0.141. The molecule has 0 bridgehead atoms. The van der Waals surface area contributed by atoms with Gasteiger partial charge >= 0.3 is 0 Å². The van der Waals surface area contributed by atoms with Gasteiger partial charge in [-0.25, -0.2) is 8.78 Å². The molecule has 0 radical (unpaired) electrons. The summed E-state index contributed by atoms with van der Waals surface area (Å²) in [6.07, 6.45) is 3.28. The lowest BCUT2D eigenvalue weighted by molar-refractivity contribution is 0.0928. The topological polar surface area (TPSA) is 20.3 Å². The van der Waals surface area contributed by atoms with E-state index in [1.54, 1.807) is 0 Å². The molecule has 1 heterocycles. The van der Waals surface area contributed by atoms with E-state index in [-0.39, 0.29) is 17.9 Å². The summed E-state index contributed by atoms with van der Waals surface area (Å²) in [6.45, 7) is 4.08. The molecule has 0 saturated carbocycles. The summed E-state index contributed by atoms with van der Waals surface area (Å²) >= 11 is 0. The Kier molecular flexibility index (Phi) is 4.64. The molecular formula is C15H19F2NO. The van der Waals surface area contributed by atoms with E-state index in [9.17, 15) is 13.6 Å². The van der Waals surface area contributed by atoms with Gasteiger partial charge in [0.05, 0.1) is 12.1 Å². The second kappa shape index (κ2) is 6.24. The predicted molar refractivity (Wildman–Crippen MR) is 70.1 cm³/mol. The summed E-state index contributed by atoms with van der Waals surface area (Å²) in [5, 5.41) is 0. The maximum Gasteiger partial charge on any atom is 0.179 e. The van der Waals surface area contributed by atoms with Crippen LogP contribution in [0, 0.1) is 17.6 Å². The van der Waals surface area contributed by atoms with Crippen molar-refractivity contribution in [2.75, 3.05) is 19.6 Å². The first kappa shape index (κ1) is 14.1. The van der Waals surface area contributed by atoms with Gasteiger partial charge in [-0.1, -0.05) is 6.92 Å². The highest BCUT2D eigenvalue weighted by atomic mass is 19.1. The fourth-order valence-electron chi connectivity index (χ4n) is 2.48. The van der Waals surface area contributed by atoms with Gasteiger partial charge in [0.15, 0.2) is 5.78 Å². The predicted octanol–water partition coefficient (Wildman–Crippen LogP) is 3.27. The summed E-state index contributed by atoms with van der Waals surface area (Å²) < 4.78 is 26.6. The van der Waals surface area contributed by atoms with Gasteiger partial charge in [0.2, 0.25) is 0 Å². The molecule has 1 unspecified atom stereocenters. The zero-order chi connectivity index (χ0) is 13.8. The molecule has 1 saturated heterocycles. The van der Waals surface area contributed by atoms with Crippen LogP contribution in [0.2, 0.25) is 0 Å². The number of carbonyl (C=O) groups is 1. The van der Waals surface area contributed by atoms with E-state index in [2.05, 4.69) is 6.92 Å². The number of benzene rings is 1. The lowest BCUT2D eigenvalue weighted by Gasteiger charge is -2.19. The first-order valence-electron chi connectivity index (χ1n) is 6.77. The van der Waals surface area contributed by atoms with Gasteiger partial charge < -0.3 is 0 Å². The van der Waals surface area contributed by atoms with E-state index in [0.29, 0.717) is 5.92 Å². The third-order valence-electron chi connectivity index (χ3n) is 3.71. The Hall–Kier alpha value is -1.29. The highest BCUT2D eigenvalue weighted by molar-refractivity contribution is 5.97. The van der Waals surface area contributed by atoms with Crippen molar-refractivity contribution in [3.05, 3.63) is 35.4 Å². The molecule has 1 aliphatic heterocycles.